The Balaban J connectivity index is 1.54. The molecule has 1 atom stereocenters. The van der Waals surface area contributed by atoms with Gasteiger partial charge in [-0.15, -0.1) is 0 Å². The van der Waals surface area contributed by atoms with Crippen LogP contribution in [0.15, 0.2) is 53.3 Å². The van der Waals surface area contributed by atoms with Gasteiger partial charge in [0.2, 0.25) is 5.89 Å². The van der Waals surface area contributed by atoms with E-state index < -0.39 is 0 Å². The minimum atomic E-state index is -0.160. The zero-order chi connectivity index (χ0) is 18.6. The van der Waals surface area contributed by atoms with E-state index in [2.05, 4.69) is 15.2 Å². The summed E-state index contributed by atoms with van der Waals surface area (Å²) in [5, 5.41) is 8.24. The lowest BCUT2D eigenvalue weighted by atomic mass is 10.0. The maximum Gasteiger partial charge on any atom is 0.256 e. The molecular weight excluding hydrogens is 364 g/mol. The fourth-order valence-electron chi connectivity index (χ4n) is 3.42. The number of hydrogen-bond donors (Lipinski definition) is 0. The molecule has 0 N–H and O–H groups in total. The first-order valence-electron chi connectivity index (χ1n) is 8.97. The van der Waals surface area contributed by atoms with E-state index in [0.29, 0.717) is 29.4 Å². The Morgan fingerprint density at radius 3 is 2.96 bits per heavy atom. The van der Waals surface area contributed by atoms with Gasteiger partial charge in [-0.25, -0.2) is 4.98 Å². The number of likely N-dealkylation sites (tertiary alicyclic amines) is 1. The van der Waals surface area contributed by atoms with Crippen molar-refractivity contribution in [3.05, 3.63) is 76.7 Å². The van der Waals surface area contributed by atoms with Crippen LogP contribution in [-0.2, 0) is 6.42 Å². The first-order chi connectivity index (χ1) is 13.2. The van der Waals surface area contributed by atoms with E-state index >= 15 is 0 Å². The van der Waals surface area contributed by atoms with E-state index in [1.54, 1.807) is 12.3 Å². The third-order valence-electron chi connectivity index (χ3n) is 4.72. The first-order valence-corrected chi connectivity index (χ1v) is 9.35. The predicted molar refractivity (Wildman–Crippen MR) is 100 cm³/mol. The van der Waals surface area contributed by atoms with Gasteiger partial charge in [-0.1, -0.05) is 23.7 Å². The average Bonchev–Trinajstić information content (AvgIpc) is 3.16. The van der Waals surface area contributed by atoms with Crippen LogP contribution < -0.4 is 0 Å². The molecule has 7 heteroatoms. The van der Waals surface area contributed by atoms with Crippen molar-refractivity contribution in [3.8, 4) is 0 Å². The van der Waals surface area contributed by atoms with Gasteiger partial charge in [0.25, 0.3) is 5.91 Å². The van der Waals surface area contributed by atoms with Gasteiger partial charge in [0.15, 0.2) is 0 Å². The zero-order valence-corrected chi connectivity index (χ0v) is 15.5. The fourth-order valence-corrected chi connectivity index (χ4v) is 3.63. The number of amides is 1. The number of nitrogens with zero attached hydrogens (tertiary/aromatic N) is 4. The van der Waals surface area contributed by atoms with E-state index in [4.69, 9.17) is 16.0 Å². The van der Waals surface area contributed by atoms with Crippen LogP contribution in [0.3, 0.4) is 0 Å². The zero-order valence-electron chi connectivity index (χ0n) is 14.7. The van der Waals surface area contributed by atoms with Crippen LogP contribution in [0.25, 0.3) is 0 Å². The normalized spacial score (nSPS) is 17.1. The highest BCUT2D eigenvalue weighted by molar-refractivity contribution is 6.30. The van der Waals surface area contributed by atoms with Gasteiger partial charge in [-0.3, -0.25) is 4.79 Å². The maximum atomic E-state index is 12.9. The lowest BCUT2D eigenvalue weighted by Gasteiger charge is -2.33. The Labute approximate surface area is 162 Å². The summed E-state index contributed by atoms with van der Waals surface area (Å²) in [6.07, 6.45) is 8.21. The van der Waals surface area contributed by atoms with Crippen molar-refractivity contribution in [1.29, 1.82) is 0 Å². The number of rotatable bonds is 4. The van der Waals surface area contributed by atoms with Gasteiger partial charge in [-0.2, -0.15) is 10.2 Å². The molecule has 1 saturated heterocycles. The molecule has 0 aliphatic carbocycles. The number of oxazole rings is 1. The molecule has 3 heterocycles. The molecule has 3 aromatic rings. The summed E-state index contributed by atoms with van der Waals surface area (Å²) in [6, 6.07) is 9.20. The average molecular weight is 383 g/mol. The molecular formula is C20H19ClN4O2. The predicted octanol–water partition coefficient (Wildman–Crippen LogP) is 4.08. The van der Waals surface area contributed by atoms with Gasteiger partial charge in [-0.05, 0) is 43.0 Å². The Bertz CT molecular complexity index is 928. The van der Waals surface area contributed by atoms with Crippen LogP contribution in [-0.4, -0.2) is 32.5 Å². The van der Waals surface area contributed by atoms with E-state index in [-0.39, 0.29) is 11.9 Å². The summed E-state index contributed by atoms with van der Waals surface area (Å²) in [6.45, 7) is 0.678. The number of benzene rings is 1. The summed E-state index contributed by atoms with van der Waals surface area (Å²) >= 11 is 6.05. The Hall–Kier alpha value is -2.73. The molecule has 6 nitrogen and oxygen atoms in total. The molecule has 0 spiro atoms. The highest BCUT2D eigenvalue weighted by Crippen LogP contribution is 2.32. The lowest BCUT2D eigenvalue weighted by Crippen LogP contribution is -2.38. The largest absolute Gasteiger partial charge is 0.443 e. The van der Waals surface area contributed by atoms with Crippen molar-refractivity contribution < 1.29 is 9.21 Å². The number of carbonyl (C=O) groups excluding carboxylic acids is 1. The third kappa shape index (κ3) is 4.01. The van der Waals surface area contributed by atoms with Gasteiger partial charge in [0, 0.05) is 18.0 Å². The summed E-state index contributed by atoms with van der Waals surface area (Å²) in [7, 11) is 0. The van der Waals surface area contributed by atoms with Gasteiger partial charge >= 0.3 is 0 Å². The minimum absolute atomic E-state index is 0.0656. The van der Waals surface area contributed by atoms with Crippen LogP contribution in [0.4, 0.5) is 0 Å². The molecule has 1 aliphatic rings. The van der Waals surface area contributed by atoms with Crippen LogP contribution in [0, 0.1) is 0 Å². The lowest BCUT2D eigenvalue weighted by molar-refractivity contribution is 0.0569. The van der Waals surface area contributed by atoms with Crippen LogP contribution >= 0.6 is 11.6 Å². The van der Waals surface area contributed by atoms with Gasteiger partial charge in [0.05, 0.1) is 24.2 Å². The fraction of sp³-hybridized carbons (Fsp3) is 0.300. The molecule has 0 radical (unpaired) electrons. The molecule has 0 unspecified atom stereocenters. The molecule has 0 saturated carbocycles. The molecule has 0 bridgehead atoms. The summed E-state index contributed by atoms with van der Waals surface area (Å²) in [5.41, 5.74) is 1.59. The van der Waals surface area contributed by atoms with Crippen molar-refractivity contribution >= 4 is 17.5 Å². The molecule has 27 heavy (non-hydrogen) atoms. The van der Waals surface area contributed by atoms with Crippen molar-refractivity contribution in [2.75, 3.05) is 6.54 Å². The SMILES string of the molecule is O=C(c1ccnnc1)N1CCCC[C@@H]1c1ncc(Cc2cccc(Cl)c2)o1. The van der Waals surface area contributed by atoms with Crippen LogP contribution in [0.2, 0.25) is 5.02 Å². The molecule has 1 fully saturated rings. The van der Waals surface area contributed by atoms with E-state index in [1.807, 2.05) is 29.2 Å². The van der Waals surface area contributed by atoms with E-state index in [9.17, 15) is 4.79 Å². The number of carbonyl (C=O) groups is 1. The van der Waals surface area contributed by atoms with Crippen LogP contribution in [0.1, 0.15) is 52.9 Å². The number of piperidine rings is 1. The smallest absolute Gasteiger partial charge is 0.256 e. The topological polar surface area (TPSA) is 72.1 Å². The monoisotopic (exact) mass is 382 g/mol. The van der Waals surface area contributed by atoms with E-state index in [0.717, 1.165) is 30.6 Å². The maximum absolute atomic E-state index is 12.9. The highest BCUT2D eigenvalue weighted by atomic mass is 35.5. The summed E-state index contributed by atoms with van der Waals surface area (Å²) in [5.74, 6) is 1.28. The summed E-state index contributed by atoms with van der Waals surface area (Å²) in [4.78, 5) is 19.2. The third-order valence-corrected chi connectivity index (χ3v) is 4.95. The Kier molecular flexibility index (Phi) is 5.16. The second-order valence-electron chi connectivity index (χ2n) is 6.61. The Morgan fingerprint density at radius 2 is 2.15 bits per heavy atom. The standard InChI is InChI=1S/C20H19ClN4O2/c21-16-5-3-4-14(10-16)11-17-13-22-19(27-17)18-6-1-2-9-25(18)20(26)15-7-8-23-24-12-15/h3-5,7-8,10,12-13,18H,1-2,6,9,11H2/t18-/m1/s1. The number of aromatic nitrogens is 3. The second-order valence-corrected chi connectivity index (χ2v) is 7.05. The van der Waals surface area contributed by atoms with Gasteiger partial charge in [0.1, 0.15) is 11.8 Å². The van der Waals surface area contributed by atoms with Crippen molar-refractivity contribution in [2.45, 2.75) is 31.7 Å². The summed E-state index contributed by atoms with van der Waals surface area (Å²) < 4.78 is 6.01. The quantitative estimate of drug-likeness (QED) is 0.679. The van der Waals surface area contributed by atoms with Gasteiger partial charge < -0.3 is 9.32 Å². The van der Waals surface area contributed by atoms with E-state index in [1.165, 1.54) is 12.4 Å². The van der Waals surface area contributed by atoms with Crippen molar-refractivity contribution in [1.82, 2.24) is 20.1 Å². The minimum Gasteiger partial charge on any atom is -0.443 e. The number of hydrogen-bond acceptors (Lipinski definition) is 5. The molecule has 4 rings (SSSR count). The highest BCUT2D eigenvalue weighted by Gasteiger charge is 2.32. The molecule has 138 valence electrons. The van der Waals surface area contributed by atoms with Crippen molar-refractivity contribution in [2.24, 2.45) is 0 Å². The molecule has 1 amide bonds. The molecule has 1 aromatic carbocycles. The first kappa shape index (κ1) is 17.7. The second kappa shape index (κ2) is 7.88. The molecule has 2 aromatic heterocycles. The Morgan fingerprint density at radius 1 is 1.22 bits per heavy atom. The van der Waals surface area contributed by atoms with Crippen LogP contribution in [0.5, 0.6) is 0 Å². The number of halogens is 1. The molecule has 1 aliphatic heterocycles. The van der Waals surface area contributed by atoms with Crippen molar-refractivity contribution in [3.63, 3.8) is 0 Å².